The molecule has 5 rings (SSSR count). The van der Waals surface area contributed by atoms with Crippen LogP contribution >= 0.6 is 0 Å². The molecule has 3 aliphatic rings. The first kappa shape index (κ1) is 19.3. The first-order chi connectivity index (χ1) is 14.6. The van der Waals surface area contributed by atoms with Crippen molar-refractivity contribution >= 4 is 17.5 Å². The number of ether oxygens (including phenoxy) is 2. The van der Waals surface area contributed by atoms with Gasteiger partial charge in [-0.3, -0.25) is 4.79 Å². The Labute approximate surface area is 176 Å². The molecule has 1 aromatic carbocycles. The molecule has 3 fully saturated rings. The zero-order valence-electron chi connectivity index (χ0n) is 17.2. The average molecular weight is 409 g/mol. The van der Waals surface area contributed by atoms with Crippen LogP contribution in [0.25, 0.3) is 11.3 Å². The van der Waals surface area contributed by atoms with E-state index < -0.39 is 0 Å². The second kappa shape index (κ2) is 7.85. The molecule has 1 amide bonds. The van der Waals surface area contributed by atoms with Crippen LogP contribution in [0.1, 0.15) is 12.8 Å². The van der Waals surface area contributed by atoms with E-state index in [0.717, 1.165) is 29.8 Å². The summed E-state index contributed by atoms with van der Waals surface area (Å²) in [6, 6.07) is 10.0. The third-order valence-electron chi connectivity index (χ3n) is 5.98. The predicted octanol–water partition coefficient (Wildman–Crippen LogP) is 1.68. The highest BCUT2D eigenvalue weighted by Crippen LogP contribution is 2.32. The Kier molecular flexibility index (Phi) is 5.04. The molecule has 8 heteroatoms. The number of carbonyl (C=O) groups is 1. The number of fused-ring (bicyclic) bond motifs is 1. The molecule has 0 unspecified atom stereocenters. The number of hydrogen-bond donors (Lipinski definition) is 2. The lowest BCUT2D eigenvalue weighted by Crippen LogP contribution is -2.45. The number of anilines is 2. The molecular formula is C22H27N5O3. The van der Waals surface area contributed by atoms with Crippen molar-refractivity contribution in [3.63, 3.8) is 0 Å². The molecule has 3 heterocycles. The summed E-state index contributed by atoms with van der Waals surface area (Å²) in [5.41, 5.74) is 3.03. The van der Waals surface area contributed by atoms with Crippen LogP contribution in [0.2, 0.25) is 0 Å². The number of nitrogens with one attached hydrogen (secondary N) is 2. The van der Waals surface area contributed by atoms with Gasteiger partial charge in [0.2, 0.25) is 11.9 Å². The van der Waals surface area contributed by atoms with Crippen molar-refractivity contribution in [2.24, 2.45) is 5.92 Å². The van der Waals surface area contributed by atoms with E-state index in [-0.39, 0.29) is 36.1 Å². The molecule has 4 atom stereocenters. The molecule has 1 aromatic heterocycles. The van der Waals surface area contributed by atoms with Crippen LogP contribution in [0, 0.1) is 5.92 Å². The van der Waals surface area contributed by atoms with Crippen LogP contribution in [0.3, 0.4) is 0 Å². The summed E-state index contributed by atoms with van der Waals surface area (Å²) in [6.45, 7) is 0.974. The summed E-state index contributed by atoms with van der Waals surface area (Å²) in [4.78, 5) is 23.2. The molecular weight excluding hydrogens is 382 g/mol. The van der Waals surface area contributed by atoms with Gasteiger partial charge in [-0.05, 0) is 31.0 Å². The number of amides is 1. The van der Waals surface area contributed by atoms with Crippen LogP contribution in [-0.2, 0) is 14.3 Å². The van der Waals surface area contributed by atoms with Crippen LogP contribution in [0.5, 0.6) is 0 Å². The number of rotatable bonds is 6. The van der Waals surface area contributed by atoms with Crippen molar-refractivity contribution in [2.45, 2.75) is 37.1 Å². The van der Waals surface area contributed by atoms with Crippen LogP contribution in [0.4, 0.5) is 11.6 Å². The van der Waals surface area contributed by atoms with Gasteiger partial charge in [0.15, 0.2) is 0 Å². The van der Waals surface area contributed by atoms with Crippen LogP contribution < -0.4 is 15.5 Å². The smallest absolute Gasteiger partial charge is 0.223 e. The fourth-order valence-electron chi connectivity index (χ4n) is 4.08. The fraction of sp³-hybridized carbons (Fsp3) is 0.500. The second-order valence-corrected chi connectivity index (χ2v) is 8.44. The van der Waals surface area contributed by atoms with Gasteiger partial charge in [-0.25, -0.2) is 9.97 Å². The summed E-state index contributed by atoms with van der Waals surface area (Å²) in [6.07, 6.45) is 3.48. The number of carbonyl (C=O) groups excluding carboxylic acids is 1. The lowest BCUT2D eigenvalue weighted by atomic mass is 10.1. The maximum absolute atomic E-state index is 12.1. The van der Waals surface area contributed by atoms with Crippen molar-refractivity contribution in [3.8, 4) is 11.3 Å². The van der Waals surface area contributed by atoms with Crippen molar-refractivity contribution in [2.75, 3.05) is 37.5 Å². The zero-order valence-corrected chi connectivity index (χ0v) is 17.2. The number of benzene rings is 1. The average Bonchev–Trinajstić information content (AvgIpc) is 3.43. The summed E-state index contributed by atoms with van der Waals surface area (Å²) in [7, 11) is 4.04. The minimum atomic E-state index is -0.132. The third-order valence-corrected chi connectivity index (χ3v) is 5.98. The molecule has 0 radical (unpaired) electrons. The van der Waals surface area contributed by atoms with Gasteiger partial charge >= 0.3 is 0 Å². The number of hydrogen-bond acceptors (Lipinski definition) is 7. The van der Waals surface area contributed by atoms with Gasteiger partial charge in [0.25, 0.3) is 0 Å². The van der Waals surface area contributed by atoms with Gasteiger partial charge in [-0.2, -0.15) is 0 Å². The Hall–Kier alpha value is -2.71. The molecule has 2 aliphatic heterocycles. The topological polar surface area (TPSA) is 88.6 Å². The minimum absolute atomic E-state index is 0.0517. The molecule has 158 valence electrons. The molecule has 2 N–H and O–H groups in total. The van der Waals surface area contributed by atoms with Gasteiger partial charge in [-0.15, -0.1) is 0 Å². The molecule has 2 saturated heterocycles. The van der Waals surface area contributed by atoms with Crippen molar-refractivity contribution in [3.05, 3.63) is 36.5 Å². The lowest BCUT2D eigenvalue weighted by Gasteiger charge is -2.18. The first-order valence-electron chi connectivity index (χ1n) is 10.5. The fourth-order valence-corrected chi connectivity index (χ4v) is 4.08. The van der Waals surface area contributed by atoms with E-state index >= 15 is 0 Å². The number of nitrogens with zero attached hydrogens (tertiary/aromatic N) is 3. The number of aromatic nitrogens is 2. The van der Waals surface area contributed by atoms with E-state index in [0.29, 0.717) is 19.2 Å². The summed E-state index contributed by atoms with van der Waals surface area (Å²) in [5.74, 6) is 0.857. The minimum Gasteiger partial charge on any atom is -0.378 e. The van der Waals surface area contributed by atoms with Gasteiger partial charge in [0.1, 0.15) is 12.2 Å². The lowest BCUT2D eigenvalue weighted by molar-refractivity contribution is -0.123. The largest absolute Gasteiger partial charge is 0.378 e. The second-order valence-electron chi connectivity index (χ2n) is 8.44. The highest BCUT2D eigenvalue weighted by atomic mass is 16.6. The highest BCUT2D eigenvalue weighted by molar-refractivity contribution is 5.81. The predicted molar refractivity (Wildman–Crippen MR) is 113 cm³/mol. The monoisotopic (exact) mass is 409 g/mol. The molecule has 2 aromatic rings. The Morgan fingerprint density at radius 2 is 1.73 bits per heavy atom. The van der Waals surface area contributed by atoms with Gasteiger partial charge in [-0.1, -0.05) is 12.1 Å². The highest BCUT2D eigenvalue weighted by Gasteiger charge is 2.49. The Balaban J connectivity index is 1.24. The van der Waals surface area contributed by atoms with Crippen molar-refractivity contribution in [1.29, 1.82) is 0 Å². The van der Waals surface area contributed by atoms with E-state index in [9.17, 15) is 4.79 Å². The van der Waals surface area contributed by atoms with E-state index in [4.69, 9.17) is 9.47 Å². The van der Waals surface area contributed by atoms with Gasteiger partial charge < -0.3 is 25.0 Å². The maximum atomic E-state index is 12.1. The SMILES string of the molecule is CN(C)c1ccc(-c2ccnc(N[C@H]3CO[C@H]4[C@@H]3OC[C@@H]4NC(=O)C3CC3)n2)cc1. The van der Waals surface area contributed by atoms with E-state index in [1.165, 1.54) is 0 Å². The van der Waals surface area contributed by atoms with E-state index in [1.54, 1.807) is 6.20 Å². The van der Waals surface area contributed by atoms with Crippen molar-refractivity contribution < 1.29 is 14.3 Å². The summed E-state index contributed by atoms with van der Waals surface area (Å²) in [5, 5.41) is 6.46. The Morgan fingerprint density at radius 1 is 1.03 bits per heavy atom. The van der Waals surface area contributed by atoms with E-state index in [2.05, 4.69) is 49.8 Å². The Bertz CT molecular complexity index is 915. The van der Waals surface area contributed by atoms with Gasteiger partial charge in [0, 0.05) is 37.5 Å². The molecule has 8 nitrogen and oxygen atoms in total. The molecule has 1 aliphatic carbocycles. The van der Waals surface area contributed by atoms with Gasteiger partial charge in [0.05, 0.1) is 31.0 Å². The summed E-state index contributed by atoms with van der Waals surface area (Å²) >= 11 is 0. The molecule has 30 heavy (non-hydrogen) atoms. The maximum Gasteiger partial charge on any atom is 0.223 e. The Morgan fingerprint density at radius 3 is 2.43 bits per heavy atom. The summed E-state index contributed by atoms with van der Waals surface area (Å²) < 4.78 is 11.9. The van der Waals surface area contributed by atoms with Crippen LogP contribution in [-0.4, -0.2) is 67.5 Å². The first-order valence-corrected chi connectivity index (χ1v) is 10.5. The van der Waals surface area contributed by atoms with E-state index in [1.807, 2.05) is 20.2 Å². The third kappa shape index (κ3) is 3.85. The van der Waals surface area contributed by atoms with Crippen LogP contribution in [0.15, 0.2) is 36.5 Å². The normalized spacial score (nSPS) is 27.5. The molecule has 1 saturated carbocycles. The standard InChI is InChI=1S/C22H27N5O3/c1-27(2)15-7-5-13(6-8-15)16-9-10-23-22(25-16)26-18-12-30-19-17(11-29-20(18)19)24-21(28)14-3-4-14/h5-10,14,17-20H,3-4,11-12H2,1-2H3,(H,24,28)(H,23,25,26)/t17-,18-,19+,20+/m0/s1. The van der Waals surface area contributed by atoms with Crippen molar-refractivity contribution in [1.82, 2.24) is 15.3 Å². The zero-order chi connectivity index (χ0) is 20.7. The quantitative estimate of drug-likeness (QED) is 0.750. The molecule has 0 bridgehead atoms. The molecule has 0 spiro atoms.